The van der Waals surface area contributed by atoms with Gasteiger partial charge < -0.3 is 4.74 Å². The van der Waals surface area contributed by atoms with Crippen LogP contribution in [0.2, 0.25) is 5.02 Å². The molecule has 0 N–H and O–H groups in total. The van der Waals surface area contributed by atoms with Gasteiger partial charge in [0.2, 0.25) is 0 Å². The minimum atomic E-state index is -0.400. The van der Waals surface area contributed by atoms with Crippen LogP contribution in [0.3, 0.4) is 0 Å². The number of amides is 2. The van der Waals surface area contributed by atoms with Crippen molar-refractivity contribution in [2.45, 2.75) is 11.8 Å². The molecule has 2 amide bonds. The van der Waals surface area contributed by atoms with Crippen LogP contribution in [0.5, 0.6) is 5.75 Å². The lowest BCUT2D eigenvalue weighted by Gasteiger charge is -2.16. The quantitative estimate of drug-likeness (QED) is 0.480. The zero-order valence-corrected chi connectivity index (χ0v) is 18.0. The molecule has 4 rings (SSSR count). The Morgan fingerprint density at radius 3 is 2.30 bits per heavy atom. The number of imide groups is 1. The fourth-order valence-electron chi connectivity index (χ4n) is 3.25. The highest BCUT2D eigenvalue weighted by Gasteiger charge is 2.41. The molecule has 0 atom stereocenters. The minimum Gasteiger partial charge on any atom is -0.496 e. The number of rotatable bonds is 5. The predicted octanol–water partition coefficient (Wildman–Crippen LogP) is 5.73. The van der Waals surface area contributed by atoms with Gasteiger partial charge in [-0.3, -0.25) is 9.59 Å². The maximum Gasteiger partial charge on any atom is 0.272 e. The fraction of sp³-hybridized carbons (Fsp3) is 0.0833. The number of nitrogens with zero attached hydrogens (tertiary/aromatic N) is 1. The van der Waals surface area contributed by atoms with Gasteiger partial charge in [-0.2, -0.15) is 0 Å². The summed E-state index contributed by atoms with van der Waals surface area (Å²) in [6, 6.07) is 21.9. The first-order chi connectivity index (χ1) is 14.5. The van der Waals surface area contributed by atoms with Crippen LogP contribution >= 0.6 is 23.4 Å². The third-order valence-corrected chi connectivity index (χ3v) is 6.29. The van der Waals surface area contributed by atoms with Crippen molar-refractivity contribution in [1.29, 1.82) is 0 Å². The molecule has 6 heteroatoms. The topological polar surface area (TPSA) is 46.6 Å². The van der Waals surface area contributed by atoms with E-state index in [-0.39, 0.29) is 5.91 Å². The summed E-state index contributed by atoms with van der Waals surface area (Å²) in [7, 11) is 1.54. The molecular weight excluding hydrogens is 418 g/mol. The van der Waals surface area contributed by atoms with Crippen LogP contribution in [0, 0.1) is 6.92 Å². The molecule has 0 unspecified atom stereocenters. The normalized spacial score (nSPS) is 13.9. The van der Waals surface area contributed by atoms with E-state index in [0.29, 0.717) is 32.5 Å². The van der Waals surface area contributed by atoms with Crippen molar-refractivity contribution in [2.75, 3.05) is 12.0 Å². The SMILES string of the molecule is COc1ccccc1C1=C(Sc2ccccc2)C(=O)N(c2ccc(C)c(Cl)c2)C1=O. The van der Waals surface area contributed by atoms with Crippen LogP contribution in [-0.2, 0) is 9.59 Å². The first kappa shape index (κ1) is 20.3. The van der Waals surface area contributed by atoms with Gasteiger partial charge >= 0.3 is 0 Å². The predicted molar refractivity (Wildman–Crippen MR) is 121 cm³/mol. The Balaban J connectivity index is 1.87. The van der Waals surface area contributed by atoms with Gasteiger partial charge in [0.1, 0.15) is 5.75 Å². The summed E-state index contributed by atoms with van der Waals surface area (Å²) >= 11 is 7.54. The van der Waals surface area contributed by atoms with Gasteiger partial charge in [-0.1, -0.05) is 65.8 Å². The first-order valence-electron chi connectivity index (χ1n) is 9.26. The highest BCUT2D eigenvalue weighted by Crippen LogP contribution is 2.43. The number of hydrogen-bond donors (Lipinski definition) is 0. The molecule has 0 bridgehead atoms. The largest absolute Gasteiger partial charge is 0.496 e. The second kappa shape index (κ2) is 8.38. The molecule has 3 aromatic rings. The van der Waals surface area contributed by atoms with Gasteiger partial charge in [0, 0.05) is 15.5 Å². The second-order valence-electron chi connectivity index (χ2n) is 6.70. The molecular formula is C24H18ClNO3S. The molecule has 0 aromatic heterocycles. The Kier molecular flexibility index (Phi) is 5.66. The lowest BCUT2D eigenvalue weighted by Crippen LogP contribution is -2.31. The lowest BCUT2D eigenvalue weighted by atomic mass is 10.0. The van der Waals surface area contributed by atoms with E-state index in [1.54, 1.807) is 37.4 Å². The van der Waals surface area contributed by atoms with Crippen LogP contribution in [0.15, 0.2) is 82.6 Å². The summed E-state index contributed by atoms with van der Waals surface area (Å²) in [6.45, 7) is 1.87. The molecule has 150 valence electrons. The summed E-state index contributed by atoms with van der Waals surface area (Å²) < 4.78 is 5.47. The maximum absolute atomic E-state index is 13.5. The average molecular weight is 436 g/mol. The number of anilines is 1. The van der Waals surface area contributed by atoms with E-state index in [4.69, 9.17) is 16.3 Å². The third-order valence-electron chi connectivity index (χ3n) is 4.79. The molecule has 3 aromatic carbocycles. The van der Waals surface area contributed by atoms with Gasteiger partial charge in [-0.25, -0.2) is 4.90 Å². The molecule has 1 aliphatic rings. The number of carbonyl (C=O) groups excluding carboxylic acids is 2. The van der Waals surface area contributed by atoms with E-state index in [2.05, 4.69) is 0 Å². The number of ether oxygens (including phenoxy) is 1. The summed E-state index contributed by atoms with van der Waals surface area (Å²) in [5.41, 5.74) is 2.22. The summed E-state index contributed by atoms with van der Waals surface area (Å²) in [6.07, 6.45) is 0. The standard InChI is InChI=1S/C24H18ClNO3S/c1-15-12-13-16(14-19(15)25)26-23(27)21(18-10-6-7-11-20(18)29-2)22(24(26)28)30-17-8-4-3-5-9-17/h3-14H,1-2H3. The number of carbonyl (C=O) groups is 2. The van der Waals surface area contributed by atoms with Crippen LogP contribution in [0.1, 0.15) is 11.1 Å². The summed E-state index contributed by atoms with van der Waals surface area (Å²) in [5.74, 6) is -0.249. The zero-order chi connectivity index (χ0) is 21.3. The molecule has 30 heavy (non-hydrogen) atoms. The maximum atomic E-state index is 13.5. The van der Waals surface area contributed by atoms with Crippen molar-refractivity contribution in [1.82, 2.24) is 0 Å². The number of aryl methyl sites for hydroxylation is 1. The summed E-state index contributed by atoms with van der Waals surface area (Å²) in [5, 5.41) is 0.496. The van der Waals surface area contributed by atoms with Crippen molar-refractivity contribution in [3.63, 3.8) is 0 Å². The van der Waals surface area contributed by atoms with Crippen LogP contribution in [0.4, 0.5) is 5.69 Å². The Morgan fingerprint density at radius 1 is 0.900 bits per heavy atom. The molecule has 0 fully saturated rings. The molecule has 0 saturated carbocycles. The van der Waals surface area contributed by atoms with Gasteiger partial charge in [-0.15, -0.1) is 0 Å². The Hall–Kier alpha value is -3.02. The minimum absolute atomic E-state index is 0.322. The number of thioether (sulfide) groups is 1. The molecule has 0 saturated heterocycles. The number of benzene rings is 3. The van der Waals surface area contributed by atoms with E-state index >= 15 is 0 Å². The number of halogens is 1. The molecule has 4 nitrogen and oxygen atoms in total. The van der Waals surface area contributed by atoms with E-state index in [1.165, 1.54) is 16.7 Å². The fourth-order valence-corrected chi connectivity index (χ4v) is 4.44. The van der Waals surface area contributed by atoms with E-state index < -0.39 is 5.91 Å². The Labute approximate surface area is 184 Å². The number of hydrogen-bond acceptors (Lipinski definition) is 4. The molecule has 0 radical (unpaired) electrons. The van der Waals surface area contributed by atoms with E-state index in [0.717, 1.165) is 10.5 Å². The number of para-hydroxylation sites is 1. The molecule has 0 spiro atoms. The molecule has 0 aliphatic carbocycles. The summed E-state index contributed by atoms with van der Waals surface area (Å²) in [4.78, 5) is 29.4. The number of methoxy groups -OCH3 is 1. The van der Waals surface area contributed by atoms with E-state index in [9.17, 15) is 9.59 Å². The van der Waals surface area contributed by atoms with Crippen molar-refractivity contribution >= 4 is 46.4 Å². The van der Waals surface area contributed by atoms with Crippen LogP contribution in [-0.4, -0.2) is 18.9 Å². The highest BCUT2D eigenvalue weighted by molar-refractivity contribution is 8.04. The average Bonchev–Trinajstić information content (AvgIpc) is 3.00. The first-order valence-corrected chi connectivity index (χ1v) is 10.5. The van der Waals surface area contributed by atoms with Gasteiger partial charge in [0.25, 0.3) is 11.8 Å². The van der Waals surface area contributed by atoms with Crippen molar-refractivity contribution in [2.24, 2.45) is 0 Å². The molecule has 1 aliphatic heterocycles. The Bertz CT molecular complexity index is 1170. The van der Waals surface area contributed by atoms with Gasteiger partial charge in [0.05, 0.1) is 23.3 Å². The highest BCUT2D eigenvalue weighted by atomic mass is 35.5. The second-order valence-corrected chi connectivity index (χ2v) is 8.19. The lowest BCUT2D eigenvalue weighted by molar-refractivity contribution is -0.119. The smallest absolute Gasteiger partial charge is 0.272 e. The van der Waals surface area contributed by atoms with Crippen molar-refractivity contribution in [3.8, 4) is 5.75 Å². The molecule has 1 heterocycles. The third kappa shape index (κ3) is 3.62. The van der Waals surface area contributed by atoms with Crippen LogP contribution in [0.25, 0.3) is 5.57 Å². The van der Waals surface area contributed by atoms with Crippen molar-refractivity contribution < 1.29 is 14.3 Å². The monoisotopic (exact) mass is 435 g/mol. The van der Waals surface area contributed by atoms with Crippen LogP contribution < -0.4 is 9.64 Å². The Morgan fingerprint density at radius 2 is 1.60 bits per heavy atom. The van der Waals surface area contributed by atoms with Gasteiger partial charge in [-0.05, 0) is 42.8 Å². The van der Waals surface area contributed by atoms with E-state index in [1.807, 2.05) is 49.4 Å². The van der Waals surface area contributed by atoms with Crippen molar-refractivity contribution in [3.05, 3.63) is 93.9 Å². The van der Waals surface area contributed by atoms with Gasteiger partial charge in [0.15, 0.2) is 0 Å². The zero-order valence-electron chi connectivity index (χ0n) is 16.4.